The second kappa shape index (κ2) is 10.2. The molecular weight excluding hydrogens is 392 g/mol. The van der Waals surface area contributed by atoms with Gasteiger partial charge in [0.25, 0.3) is 0 Å². The highest BCUT2D eigenvalue weighted by atomic mass is 79.9. The molecule has 4 nitrogen and oxygen atoms in total. The van der Waals surface area contributed by atoms with Gasteiger partial charge < -0.3 is 9.64 Å². The van der Waals surface area contributed by atoms with Crippen LogP contribution in [0.4, 0.5) is 16.2 Å². The van der Waals surface area contributed by atoms with Gasteiger partial charge in [-0.05, 0) is 52.0 Å². The topological polar surface area (TPSA) is 41.6 Å². The molecule has 1 amide bonds. The zero-order valence-corrected chi connectivity index (χ0v) is 17.3. The molecule has 0 heterocycles. The molecule has 2 aromatic rings. The van der Waals surface area contributed by atoms with Gasteiger partial charge in [0.05, 0.1) is 12.3 Å². The summed E-state index contributed by atoms with van der Waals surface area (Å²) < 4.78 is 5.92. The molecule has 2 aromatic carbocycles. The Morgan fingerprint density at radius 2 is 1.92 bits per heavy atom. The van der Waals surface area contributed by atoms with Crippen LogP contribution in [0.1, 0.15) is 32.8 Å². The van der Waals surface area contributed by atoms with Crippen molar-refractivity contribution in [2.75, 3.05) is 23.4 Å². The van der Waals surface area contributed by atoms with Crippen LogP contribution in [0.25, 0.3) is 0 Å². The first-order chi connectivity index (χ1) is 12.5. The molecule has 0 saturated heterocycles. The number of rotatable bonds is 8. The molecule has 0 aliphatic carbocycles. The van der Waals surface area contributed by atoms with Crippen LogP contribution in [0.5, 0.6) is 0 Å². The molecule has 0 radical (unpaired) electrons. The molecule has 140 valence electrons. The van der Waals surface area contributed by atoms with Crippen LogP contribution in [-0.2, 0) is 11.3 Å². The van der Waals surface area contributed by atoms with Gasteiger partial charge in [0.2, 0.25) is 0 Å². The molecule has 1 N–H and O–H groups in total. The number of ether oxygens (including phenoxy) is 1. The molecular formula is C21H27BrN2O2. The van der Waals surface area contributed by atoms with E-state index in [9.17, 15) is 4.79 Å². The Kier molecular flexibility index (Phi) is 7.98. The van der Waals surface area contributed by atoms with E-state index in [4.69, 9.17) is 4.74 Å². The van der Waals surface area contributed by atoms with Crippen molar-refractivity contribution in [2.24, 2.45) is 5.92 Å². The van der Waals surface area contributed by atoms with Gasteiger partial charge in [-0.15, -0.1) is 0 Å². The predicted octanol–water partition coefficient (Wildman–Crippen LogP) is 6.07. The zero-order chi connectivity index (χ0) is 18.9. The number of hydrogen-bond acceptors (Lipinski definition) is 3. The minimum atomic E-state index is -0.427. The highest BCUT2D eigenvalue weighted by molar-refractivity contribution is 9.10. The fourth-order valence-corrected chi connectivity index (χ4v) is 3.11. The molecule has 2 rings (SSSR count). The summed E-state index contributed by atoms with van der Waals surface area (Å²) >= 11 is 3.57. The normalized spacial score (nSPS) is 10.7. The fraction of sp³-hybridized carbons (Fsp3) is 0.381. The van der Waals surface area contributed by atoms with Crippen molar-refractivity contribution in [3.05, 3.63) is 58.6 Å². The number of amides is 1. The summed E-state index contributed by atoms with van der Waals surface area (Å²) in [5.74, 6) is 0.541. The Morgan fingerprint density at radius 1 is 1.19 bits per heavy atom. The lowest BCUT2D eigenvalue weighted by Gasteiger charge is -2.27. The summed E-state index contributed by atoms with van der Waals surface area (Å²) in [5, 5.41) is 2.78. The lowest BCUT2D eigenvalue weighted by atomic mass is 10.1. The second-order valence-corrected chi connectivity index (χ2v) is 7.54. The summed E-state index contributed by atoms with van der Waals surface area (Å²) in [4.78, 5) is 14.1. The average Bonchev–Trinajstić information content (AvgIpc) is 2.61. The standard InChI is InChI=1S/C21H27BrN2O2/c1-4-12-26-21(25)23-20-11-10-18(13-19(20)22)24(14-16(2)3)15-17-8-6-5-7-9-17/h5-11,13,16H,4,12,14-15H2,1-3H3,(H,23,25). The Labute approximate surface area is 164 Å². The van der Waals surface area contributed by atoms with Gasteiger partial charge in [-0.3, -0.25) is 5.32 Å². The highest BCUT2D eigenvalue weighted by Crippen LogP contribution is 2.29. The van der Waals surface area contributed by atoms with Crippen molar-refractivity contribution in [2.45, 2.75) is 33.7 Å². The number of halogens is 1. The first-order valence-corrected chi connectivity index (χ1v) is 9.81. The van der Waals surface area contributed by atoms with E-state index in [1.807, 2.05) is 31.2 Å². The molecule has 0 saturated carbocycles. The summed E-state index contributed by atoms with van der Waals surface area (Å²) in [6.45, 7) is 8.61. The third-order valence-electron chi connectivity index (χ3n) is 3.79. The monoisotopic (exact) mass is 418 g/mol. The number of benzene rings is 2. The van der Waals surface area contributed by atoms with Crippen LogP contribution < -0.4 is 10.2 Å². The quantitative estimate of drug-likeness (QED) is 0.565. The van der Waals surface area contributed by atoms with E-state index in [0.29, 0.717) is 18.2 Å². The minimum Gasteiger partial charge on any atom is -0.449 e. The first-order valence-electron chi connectivity index (χ1n) is 9.01. The van der Waals surface area contributed by atoms with E-state index in [-0.39, 0.29) is 0 Å². The molecule has 0 bridgehead atoms. The Morgan fingerprint density at radius 3 is 2.54 bits per heavy atom. The van der Waals surface area contributed by atoms with Crippen LogP contribution >= 0.6 is 15.9 Å². The van der Waals surface area contributed by atoms with Gasteiger partial charge in [0.1, 0.15) is 0 Å². The van der Waals surface area contributed by atoms with E-state index >= 15 is 0 Å². The highest BCUT2D eigenvalue weighted by Gasteiger charge is 2.13. The van der Waals surface area contributed by atoms with E-state index in [0.717, 1.165) is 29.7 Å². The smallest absolute Gasteiger partial charge is 0.411 e. The lowest BCUT2D eigenvalue weighted by molar-refractivity contribution is 0.161. The molecule has 0 spiro atoms. The Bertz CT molecular complexity index is 704. The maximum Gasteiger partial charge on any atom is 0.411 e. The molecule has 5 heteroatoms. The lowest BCUT2D eigenvalue weighted by Crippen LogP contribution is -2.27. The number of carbonyl (C=O) groups is 1. The van der Waals surface area contributed by atoms with Crippen LogP contribution in [0.2, 0.25) is 0 Å². The Hall–Kier alpha value is -2.01. The van der Waals surface area contributed by atoms with E-state index < -0.39 is 6.09 Å². The van der Waals surface area contributed by atoms with Crippen molar-refractivity contribution in [1.29, 1.82) is 0 Å². The number of hydrogen-bond donors (Lipinski definition) is 1. The number of nitrogens with zero attached hydrogens (tertiary/aromatic N) is 1. The van der Waals surface area contributed by atoms with Crippen LogP contribution in [0, 0.1) is 5.92 Å². The largest absolute Gasteiger partial charge is 0.449 e. The number of anilines is 2. The van der Waals surface area contributed by atoms with Gasteiger partial charge in [-0.1, -0.05) is 51.1 Å². The molecule has 0 aliphatic rings. The molecule has 0 fully saturated rings. The van der Waals surface area contributed by atoms with Crippen LogP contribution in [0.3, 0.4) is 0 Å². The third kappa shape index (κ3) is 6.37. The van der Waals surface area contributed by atoms with Crippen molar-refractivity contribution in [1.82, 2.24) is 0 Å². The maximum atomic E-state index is 11.8. The number of carbonyl (C=O) groups excluding carboxylic acids is 1. The van der Waals surface area contributed by atoms with Gasteiger partial charge in [0, 0.05) is 23.2 Å². The molecule has 26 heavy (non-hydrogen) atoms. The van der Waals surface area contributed by atoms with Crippen LogP contribution in [-0.4, -0.2) is 19.2 Å². The van der Waals surface area contributed by atoms with Crippen molar-refractivity contribution < 1.29 is 9.53 Å². The summed E-state index contributed by atoms with van der Waals surface area (Å²) in [7, 11) is 0. The van der Waals surface area contributed by atoms with Crippen LogP contribution in [0.15, 0.2) is 53.0 Å². The van der Waals surface area contributed by atoms with Crippen molar-refractivity contribution >= 4 is 33.4 Å². The van der Waals surface area contributed by atoms with Gasteiger partial charge in [0.15, 0.2) is 0 Å². The summed E-state index contributed by atoms with van der Waals surface area (Å²) in [6.07, 6.45) is 0.376. The van der Waals surface area contributed by atoms with Gasteiger partial charge in [-0.2, -0.15) is 0 Å². The Balaban J connectivity index is 2.15. The SMILES string of the molecule is CCCOC(=O)Nc1ccc(N(Cc2ccccc2)CC(C)C)cc1Br. The average molecular weight is 419 g/mol. The zero-order valence-electron chi connectivity index (χ0n) is 15.7. The number of nitrogens with one attached hydrogen (secondary N) is 1. The van der Waals surface area contributed by atoms with Gasteiger partial charge in [-0.25, -0.2) is 4.79 Å². The minimum absolute atomic E-state index is 0.417. The fourth-order valence-electron chi connectivity index (χ4n) is 2.65. The van der Waals surface area contributed by atoms with E-state index in [2.05, 4.69) is 64.3 Å². The molecule has 0 atom stereocenters. The molecule has 0 aliphatic heterocycles. The summed E-state index contributed by atoms with van der Waals surface area (Å²) in [6, 6.07) is 16.4. The molecule has 0 unspecified atom stereocenters. The van der Waals surface area contributed by atoms with Crippen molar-refractivity contribution in [3.63, 3.8) is 0 Å². The van der Waals surface area contributed by atoms with Crippen molar-refractivity contribution in [3.8, 4) is 0 Å². The van der Waals surface area contributed by atoms with Gasteiger partial charge >= 0.3 is 6.09 Å². The predicted molar refractivity (Wildman–Crippen MR) is 112 cm³/mol. The summed E-state index contributed by atoms with van der Waals surface area (Å²) in [5.41, 5.74) is 3.09. The molecule has 0 aromatic heterocycles. The van der Waals surface area contributed by atoms with E-state index in [1.54, 1.807) is 0 Å². The maximum absolute atomic E-state index is 11.8. The third-order valence-corrected chi connectivity index (χ3v) is 4.45. The van der Waals surface area contributed by atoms with E-state index in [1.165, 1.54) is 5.56 Å². The first kappa shape index (κ1) is 20.3. The second-order valence-electron chi connectivity index (χ2n) is 6.69.